The minimum Gasteiger partial charge on any atom is -0.368 e. The molecule has 0 N–H and O–H groups in total. The molecule has 0 unspecified atom stereocenters. The topological polar surface area (TPSA) is 32.3 Å². The van der Waals surface area contributed by atoms with E-state index in [0.29, 0.717) is 0 Å². The highest BCUT2D eigenvalue weighted by atomic mass is 15.3. The molecule has 0 spiro atoms. The standard InChI is InChI=1S/C9H13N4/c1-12-4-6-13(7-5-12)9-2-3-10-11-8-9/h2-3,8H,1,4-7H2. The molecule has 1 aliphatic heterocycles. The van der Waals surface area contributed by atoms with E-state index >= 15 is 0 Å². The van der Waals surface area contributed by atoms with Crippen molar-refractivity contribution in [1.29, 1.82) is 0 Å². The van der Waals surface area contributed by atoms with Gasteiger partial charge in [0, 0.05) is 33.2 Å². The molecule has 2 rings (SSSR count). The van der Waals surface area contributed by atoms with E-state index in [1.165, 1.54) is 0 Å². The highest BCUT2D eigenvalue weighted by Crippen LogP contribution is 2.12. The molecular weight excluding hydrogens is 164 g/mol. The monoisotopic (exact) mass is 177 g/mol. The summed E-state index contributed by atoms with van der Waals surface area (Å²) in [5.41, 5.74) is 1.16. The van der Waals surface area contributed by atoms with Gasteiger partial charge in [0.2, 0.25) is 0 Å². The summed E-state index contributed by atoms with van der Waals surface area (Å²) >= 11 is 0. The molecule has 1 aromatic rings. The summed E-state index contributed by atoms with van der Waals surface area (Å²) in [7, 11) is 3.90. The Balaban J connectivity index is 2.03. The summed E-state index contributed by atoms with van der Waals surface area (Å²) in [6.07, 6.45) is 3.53. The lowest BCUT2D eigenvalue weighted by molar-refractivity contribution is 0.344. The second kappa shape index (κ2) is 3.70. The van der Waals surface area contributed by atoms with Crippen molar-refractivity contribution in [1.82, 2.24) is 15.1 Å². The first-order valence-electron chi connectivity index (χ1n) is 4.43. The number of nitrogens with zero attached hydrogens (tertiary/aromatic N) is 4. The van der Waals surface area contributed by atoms with E-state index in [1.54, 1.807) is 12.4 Å². The van der Waals surface area contributed by atoms with Gasteiger partial charge in [-0.05, 0) is 6.07 Å². The first kappa shape index (κ1) is 8.44. The SMILES string of the molecule is [CH2]N1CCN(c2ccnnc2)CC1. The molecule has 0 atom stereocenters. The van der Waals surface area contributed by atoms with Gasteiger partial charge in [-0.15, -0.1) is 0 Å². The molecule has 1 radical (unpaired) electrons. The van der Waals surface area contributed by atoms with Crippen molar-refractivity contribution in [3.8, 4) is 0 Å². The van der Waals surface area contributed by atoms with Gasteiger partial charge in [-0.25, -0.2) is 0 Å². The Labute approximate surface area is 78.2 Å². The molecule has 0 aliphatic carbocycles. The Morgan fingerprint density at radius 3 is 2.54 bits per heavy atom. The molecule has 1 fully saturated rings. The summed E-state index contributed by atoms with van der Waals surface area (Å²) in [5, 5.41) is 7.61. The summed E-state index contributed by atoms with van der Waals surface area (Å²) in [4.78, 5) is 4.39. The van der Waals surface area contributed by atoms with E-state index in [1.807, 2.05) is 6.07 Å². The smallest absolute Gasteiger partial charge is 0.0729 e. The molecule has 4 nitrogen and oxygen atoms in total. The molecule has 0 aromatic carbocycles. The highest BCUT2D eigenvalue weighted by Gasteiger charge is 2.13. The summed E-state index contributed by atoms with van der Waals surface area (Å²) in [6, 6.07) is 1.99. The highest BCUT2D eigenvalue weighted by molar-refractivity contribution is 5.43. The number of hydrogen-bond acceptors (Lipinski definition) is 4. The lowest BCUT2D eigenvalue weighted by Crippen LogP contribution is -2.43. The van der Waals surface area contributed by atoms with Crippen LogP contribution in [0, 0.1) is 7.05 Å². The van der Waals surface area contributed by atoms with Crippen LogP contribution < -0.4 is 4.90 Å². The zero-order valence-corrected chi connectivity index (χ0v) is 7.56. The van der Waals surface area contributed by atoms with E-state index in [0.717, 1.165) is 31.9 Å². The van der Waals surface area contributed by atoms with Gasteiger partial charge in [0.25, 0.3) is 0 Å². The Morgan fingerprint density at radius 1 is 1.15 bits per heavy atom. The van der Waals surface area contributed by atoms with Crippen LogP contribution in [0.1, 0.15) is 0 Å². The van der Waals surface area contributed by atoms with E-state index in [4.69, 9.17) is 0 Å². The van der Waals surface area contributed by atoms with Crippen molar-refractivity contribution in [3.05, 3.63) is 25.5 Å². The van der Waals surface area contributed by atoms with Crippen LogP contribution in [-0.4, -0.2) is 41.3 Å². The largest absolute Gasteiger partial charge is 0.368 e. The second-order valence-electron chi connectivity index (χ2n) is 3.21. The predicted molar refractivity (Wildman–Crippen MR) is 51.2 cm³/mol. The third-order valence-electron chi connectivity index (χ3n) is 2.31. The number of hydrogen-bond donors (Lipinski definition) is 0. The number of anilines is 1. The van der Waals surface area contributed by atoms with Gasteiger partial charge >= 0.3 is 0 Å². The van der Waals surface area contributed by atoms with Crippen LogP contribution in [0.4, 0.5) is 5.69 Å². The Morgan fingerprint density at radius 2 is 1.92 bits per heavy atom. The van der Waals surface area contributed by atoms with Crippen molar-refractivity contribution in [3.63, 3.8) is 0 Å². The lowest BCUT2D eigenvalue weighted by Gasteiger charge is -2.33. The molecule has 13 heavy (non-hydrogen) atoms. The maximum atomic E-state index is 3.90. The molecule has 1 aliphatic rings. The number of piperazine rings is 1. The van der Waals surface area contributed by atoms with E-state index in [-0.39, 0.29) is 0 Å². The average Bonchev–Trinajstić information content (AvgIpc) is 2.20. The van der Waals surface area contributed by atoms with E-state index < -0.39 is 0 Å². The Hall–Kier alpha value is -1.16. The molecule has 69 valence electrons. The van der Waals surface area contributed by atoms with E-state index in [2.05, 4.69) is 27.0 Å². The summed E-state index contributed by atoms with van der Waals surface area (Å²) < 4.78 is 0. The summed E-state index contributed by atoms with van der Waals surface area (Å²) in [5.74, 6) is 0. The van der Waals surface area contributed by atoms with Gasteiger partial charge in [-0.1, -0.05) is 0 Å². The van der Waals surface area contributed by atoms with Crippen LogP contribution >= 0.6 is 0 Å². The van der Waals surface area contributed by atoms with Crippen LogP contribution in [0.2, 0.25) is 0 Å². The molecule has 4 heteroatoms. The number of aromatic nitrogens is 2. The molecule has 2 heterocycles. The number of rotatable bonds is 1. The maximum Gasteiger partial charge on any atom is 0.0729 e. The second-order valence-corrected chi connectivity index (χ2v) is 3.21. The zero-order chi connectivity index (χ0) is 9.10. The van der Waals surface area contributed by atoms with Gasteiger partial charge in [0.05, 0.1) is 18.1 Å². The predicted octanol–water partition coefficient (Wildman–Crippen LogP) is 0.390. The van der Waals surface area contributed by atoms with E-state index in [9.17, 15) is 0 Å². The van der Waals surface area contributed by atoms with Crippen LogP contribution in [-0.2, 0) is 0 Å². The first-order chi connectivity index (χ1) is 6.36. The van der Waals surface area contributed by atoms with Gasteiger partial charge in [-0.2, -0.15) is 10.2 Å². The normalized spacial score (nSPS) is 19.0. The van der Waals surface area contributed by atoms with Crippen LogP contribution in [0.3, 0.4) is 0 Å². The minimum atomic E-state index is 1.02. The van der Waals surface area contributed by atoms with Gasteiger partial charge in [-0.3, -0.25) is 4.90 Å². The first-order valence-corrected chi connectivity index (χ1v) is 4.43. The molecule has 0 saturated carbocycles. The van der Waals surface area contributed by atoms with Crippen LogP contribution in [0.5, 0.6) is 0 Å². The molecule has 0 amide bonds. The minimum absolute atomic E-state index is 1.02. The Kier molecular flexibility index (Phi) is 2.40. The fourth-order valence-corrected chi connectivity index (χ4v) is 1.48. The van der Waals surface area contributed by atoms with Crippen molar-refractivity contribution >= 4 is 5.69 Å². The third kappa shape index (κ3) is 1.95. The fraction of sp³-hybridized carbons (Fsp3) is 0.444. The van der Waals surface area contributed by atoms with Crippen molar-refractivity contribution in [2.45, 2.75) is 0 Å². The fourth-order valence-electron chi connectivity index (χ4n) is 1.48. The van der Waals surface area contributed by atoms with Gasteiger partial charge in [0.15, 0.2) is 0 Å². The van der Waals surface area contributed by atoms with Crippen LogP contribution in [0.25, 0.3) is 0 Å². The van der Waals surface area contributed by atoms with Crippen LogP contribution in [0.15, 0.2) is 18.5 Å². The molecule has 0 bridgehead atoms. The molecule has 1 aromatic heterocycles. The third-order valence-corrected chi connectivity index (χ3v) is 2.31. The quantitative estimate of drug-likeness (QED) is 0.621. The molecular formula is C9H13N4. The maximum absolute atomic E-state index is 3.90. The van der Waals surface area contributed by atoms with Crippen molar-refractivity contribution in [2.75, 3.05) is 31.1 Å². The zero-order valence-electron chi connectivity index (χ0n) is 7.56. The Bertz CT molecular complexity index is 254. The lowest BCUT2D eigenvalue weighted by atomic mass is 10.3. The van der Waals surface area contributed by atoms with Gasteiger partial charge < -0.3 is 4.90 Å². The van der Waals surface area contributed by atoms with Crippen molar-refractivity contribution in [2.24, 2.45) is 0 Å². The summed E-state index contributed by atoms with van der Waals surface area (Å²) in [6.45, 7) is 4.08. The average molecular weight is 177 g/mol. The molecule has 1 saturated heterocycles. The van der Waals surface area contributed by atoms with Gasteiger partial charge in [0.1, 0.15) is 0 Å². The van der Waals surface area contributed by atoms with Crippen molar-refractivity contribution < 1.29 is 0 Å².